The number of carbonyl (C=O) groups excluding carboxylic acids is 1. The largest absolute Gasteiger partial charge is 0.492 e. The van der Waals surface area contributed by atoms with Gasteiger partial charge in [0.25, 0.3) is 0 Å². The Balaban J connectivity index is 2.01. The van der Waals surface area contributed by atoms with Gasteiger partial charge in [-0.05, 0) is 45.0 Å². The average Bonchev–Trinajstić information content (AvgIpc) is 2.51. The predicted octanol–water partition coefficient (Wildman–Crippen LogP) is 4.51. The molecule has 1 atom stereocenters. The Bertz CT molecular complexity index is 625. The minimum Gasteiger partial charge on any atom is -0.492 e. The minimum absolute atomic E-state index is 0.0299. The van der Waals surface area contributed by atoms with Crippen LogP contribution in [0.2, 0.25) is 0 Å². The van der Waals surface area contributed by atoms with Crippen LogP contribution in [0.4, 0.5) is 5.69 Å². The quantitative estimate of drug-likeness (QED) is 0.797. The van der Waals surface area contributed by atoms with E-state index < -0.39 is 0 Å². The van der Waals surface area contributed by atoms with Crippen molar-refractivity contribution in [2.75, 3.05) is 11.9 Å². The van der Waals surface area contributed by atoms with Crippen LogP contribution in [0.5, 0.6) is 5.75 Å². The lowest BCUT2D eigenvalue weighted by Gasteiger charge is -2.15. The van der Waals surface area contributed by atoms with Crippen molar-refractivity contribution in [3.63, 3.8) is 0 Å². The van der Waals surface area contributed by atoms with Crippen molar-refractivity contribution in [2.24, 2.45) is 0 Å². The van der Waals surface area contributed by atoms with Crippen molar-refractivity contribution < 1.29 is 9.53 Å². The summed E-state index contributed by atoms with van der Waals surface area (Å²) < 4.78 is 5.53. The number of thioether (sulfide) groups is 1. The van der Waals surface area contributed by atoms with Gasteiger partial charge in [0.15, 0.2) is 0 Å². The number of ether oxygens (including phenoxy) is 1. The third kappa shape index (κ3) is 4.53. The molecule has 0 aliphatic carbocycles. The number of hydrogen-bond donors (Lipinski definition) is 1. The van der Waals surface area contributed by atoms with E-state index in [0.717, 1.165) is 4.90 Å². The maximum atomic E-state index is 12.4. The number of benzene rings is 2. The van der Waals surface area contributed by atoms with Crippen molar-refractivity contribution >= 4 is 23.4 Å². The highest BCUT2D eigenvalue weighted by atomic mass is 32.2. The first-order chi connectivity index (χ1) is 10.6. The van der Waals surface area contributed by atoms with Crippen molar-refractivity contribution in [2.45, 2.75) is 30.9 Å². The lowest BCUT2D eigenvalue weighted by Crippen LogP contribution is -2.22. The summed E-state index contributed by atoms with van der Waals surface area (Å²) in [6.07, 6.45) is 0. The number of amides is 1. The molecule has 0 radical (unpaired) electrons. The third-order valence-electron chi connectivity index (χ3n) is 3.15. The van der Waals surface area contributed by atoms with Gasteiger partial charge in [-0.3, -0.25) is 4.79 Å². The van der Waals surface area contributed by atoms with Crippen LogP contribution in [0, 0.1) is 6.92 Å². The molecule has 1 N–H and O–H groups in total. The second kappa shape index (κ2) is 7.90. The minimum atomic E-state index is -0.183. The molecule has 116 valence electrons. The van der Waals surface area contributed by atoms with E-state index in [1.54, 1.807) is 11.8 Å². The van der Waals surface area contributed by atoms with Gasteiger partial charge in [0.2, 0.25) is 5.91 Å². The molecule has 4 heteroatoms. The summed E-state index contributed by atoms with van der Waals surface area (Å²) >= 11 is 1.55. The second-order valence-electron chi connectivity index (χ2n) is 4.99. The fourth-order valence-electron chi connectivity index (χ4n) is 1.96. The molecule has 2 rings (SSSR count). The molecule has 2 aromatic rings. The maximum absolute atomic E-state index is 12.4. The molecule has 0 heterocycles. The SMILES string of the molecule is CCOc1ccccc1NC(=O)[C@@H](C)Sc1ccc(C)cc1. The fraction of sp³-hybridized carbons (Fsp3) is 0.278. The van der Waals surface area contributed by atoms with E-state index in [2.05, 4.69) is 24.4 Å². The highest BCUT2D eigenvalue weighted by molar-refractivity contribution is 8.00. The first-order valence-corrected chi connectivity index (χ1v) is 8.24. The Morgan fingerprint density at radius 2 is 1.86 bits per heavy atom. The van der Waals surface area contributed by atoms with Crippen LogP contribution >= 0.6 is 11.8 Å². The lowest BCUT2D eigenvalue weighted by molar-refractivity contribution is -0.115. The lowest BCUT2D eigenvalue weighted by atomic mass is 10.2. The Hall–Kier alpha value is -1.94. The van der Waals surface area contributed by atoms with E-state index in [1.807, 2.05) is 50.2 Å². The zero-order chi connectivity index (χ0) is 15.9. The van der Waals surface area contributed by atoms with Crippen LogP contribution in [0.15, 0.2) is 53.4 Å². The number of carbonyl (C=O) groups is 1. The average molecular weight is 315 g/mol. The Morgan fingerprint density at radius 3 is 2.55 bits per heavy atom. The summed E-state index contributed by atoms with van der Waals surface area (Å²) in [6, 6.07) is 15.7. The van der Waals surface area contributed by atoms with Crippen LogP contribution in [-0.2, 0) is 4.79 Å². The van der Waals surface area contributed by atoms with Gasteiger partial charge in [0.05, 0.1) is 17.5 Å². The molecular weight excluding hydrogens is 294 g/mol. The van der Waals surface area contributed by atoms with Crippen LogP contribution < -0.4 is 10.1 Å². The van der Waals surface area contributed by atoms with E-state index in [-0.39, 0.29) is 11.2 Å². The van der Waals surface area contributed by atoms with Gasteiger partial charge in [-0.1, -0.05) is 29.8 Å². The molecule has 0 aromatic heterocycles. The first kappa shape index (κ1) is 16.4. The van der Waals surface area contributed by atoms with Gasteiger partial charge < -0.3 is 10.1 Å². The number of para-hydroxylation sites is 2. The van der Waals surface area contributed by atoms with Gasteiger partial charge >= 0.3 is 0 Å². The van der Waals surface area contributed by atoms with Crippen LogP contribution in [0.3, 0.4) is 0 Å². The highest BCUT2D eigenvalue weighted by Crippen LogP contribution is 2.27. The van der Waals surface area contributed by atoms with Crippen LogP contribution in [0.25, 0.3) is 0 Å². The van der Waals surface area contributed by atoms with Gasteiger partial charge in [-0.15, -0.1) is 11.8 Å². The molecule has 3 nitrogen and oxygen atoms in total. The number of nitrogens with one attached hydrogen (secondary N) is 1. The summed E-state index contributed by atoms with van der Waals surface area (Å²) in [5.41, 5.74) is 1.93. The van der Waals surface area contributed by atoms with Crippen molar-refractivity contribution in [1.82, 2.24) is 0 Å². The predicted molar refractivity (Wildman–Crippen MR) is 92.7 cm³/mol. The third-order valence-corrected chi connectivity index (χ3v) is 4.26. The van der Waals surface area contributed by atoms with E-state index in [1.165, 1.54) is 5.56 Å². The molecule has 1 amide bonds. The first-order valence-electron chi connectivity index (χ1n) is 7.36. The Labute approximate surface area is 136 Å². The molecule has 0 saturated carbocycles. The molecule has 0 fully saturated rings. The highest BCUT2D eigenvalue weighted by Gasteiger charge is 2.16. The molecule has 0 saturated heterocycles. The van der Waals surface area contributed by atoms with Crippen LogP contribution in [-0.4, -0.2) is 17.8 Å². The van der Waals surface area contributed by atoms with E-state index in [4.69, 9.17) is 4.74 Å². The Kier molecular flexibility index (Phi) is 5.90. The normalized spacial score (nSPS) is 11.8. The second-order valence-corrected chi connectivity index (χ2v) is 6.41. The standard InChI is InChI=1S/C18H21NO2S/c1-4-21-17-8-6-5-7-16(17)19-18(20)14(3)22-15-11-9-13(2)10-12-15/h5-12,14H,4H2,1-3H3,(H,19,20)/t14-/m1/s1. The Morgan fingerprint density at radius 1 is 1.18 bits per heavy atom. The van der Waals surface area contributed by atoms with E-state index in [0.29, 0.717) is 18.0 Å². The molecule has 0 aliphatic heterocycles. The zero-order valence-corrected chi connectivity index (χ0v) is 13.9. The summed E-state index contributed by atoms with van der Waals surface area (Å²) in [4.78, 5) is 13.4. The number of rotatable bonds is 6. The van der Waals surface area contributed by atoms with Gasteiger partial charge in [0, 0.05) is 4.90 Å². The van der Waals surface area contributed by atoms with Crippen molar-refractivity contribution in [1.29, 1.82) is 0 Å². The van der Waals surface area contributed by atoms with Gasteiger partial charge in [-0.2, -0.15) is 0 Å². The van der Waals surface area contributed by atoms with Crippen LogP contribution in [0.1, 0.15) is 19.4 Å². The fourth-order valence-corrected chi connectivity index (χ4v) is 2.83. The zero-order valence-electron chi connectivity index (χ0n) is 13.1. The smallest absolute Gasteiger partial charge is 0.237 e. The molecule has 0 aliphatic rings. The topological polar surface area (TPSA) is 38.3 Å². The molecule has 0 spiro atoms. The van der Waals surface area contributed by atoms with Crippen molar-refractivity contribution in [3.8, 4) is 5.75 Å². The summed E-state index contributed by atoms with van der Waals surface area (Å²) in [7, 11) is 0. The van der Waals surface area contributed by atoms with E-state index >= 15 is 0 Å². The van der Waals surface area contributed by atoms with Crippen molar-refractivity contribution in [3.05, 3.63) is 54.1 Å². The molecule has 0 bridgehead atoms. The summed E-state index contributed by atoms with van der Waals surface area (Å²) in [6.45, 7) is 6.45. The summed E-state index contributed by atoms with van der Waals surface area (Å²) in [5.74, 6) is 0.670. The monoisotopic (exact) mass is 315 g/mol. The summed E-state index contributed by atoms with van der Waals surface area (Å²) in [5, 5.41) is 2.76. The number of aryl methyl sites for hydroxylation is 1. The maximum Gasteiger partial charge on any atom is 0.237 e. The molecule has 2 aromatic carbocycles. The number of hydrogen-bond acceptors (Lipinski definition) is 3. The van der Waals surface area contributed by atoms with Gasteiger partial charge in [-0.25, -0.2) is 0 Å². The van der Waals surface area contributed by atoms with E-state index in [9.17, 15) is 4.79 Å². The molecule has 0 unspecified atom stereocenters. The van der Waals surface area contributed by atoms with Gasteiger partial charge in [0.1, 0.15) is 5.75 Å². The number of anilines is 1. The molecule has 22 heavy (non-hydrogen) atoms. The molecular formula is C18H21NO2S.